The molecule has 3 rings (SSSR count). The van der Waals surface area contributed by atoms with Crippen LogP contribution in [-0.2, 0) is 4.74 Å². The van der Waals surface area contributed by atoms with E-state index in [2.05, 4.69) is 44.8 Å². The van der Waals surface area contributed by atoms with E-state index in [0.717, 1.165) is 22.3 Å². The molecule has 1 aromatic carbocycles. The van der Waals surface area contributed by atoms with Crippen molar-refractivity contribution in [1.29, 1.82) is 0 Å². The summed E-state index contributed by atoms with van der Waals surface area (Å²) < 4.78 is 7.23. The predicted molar refractivity (Wildman–Crippen MR) is 94.0 cm³/mol. The highest BCUT2D eigenvalue weighted by atomic mass is 32.2. The summed E-state index contributed by atoms with van der Waals surface area (Å²) in [5.74, 6) is 0.937. The third kappa shape index (κ3) is 3.81. The Morgan fingerprint density at radius 2 is 2.14 bits per heavy atom. The summed E-state index contributed by atoms with van der Waals surface area (Å²) in [4.78, 5) is 6.58. The zero-order valence-electron chi connectivity index (χ0n) is 13.1. The van der Waals surface area contributed by atoms with Crippen LogP contribution in [0.4, 0.5) is 5.69 Å². The monoisotopic (exact) mass is 335 g/mol. The Morgan fingerprint density at radius 1 is 1.36 bits per heavy atom. The van der Waals surface area contributed by atoms with E-state index >= 15 is 0 Å². The van der Waals surface area contributed by atoms with E-state index in [-0.39, 0.29) is 12.3 Å². The van der Waals surface area contributed by atoms with E-state index in [1.54, 1.807) is 23.1 Å². The van der Waals surface area contributed by atoms with Gasteiger partial charge in [-0.05, 0) is 24.6 Å². The van der Waals surface area contributed by atoms with Crippen LogP contribution < -0.4 is 10.2 Å². The molecule has 2 aromatic rings. The first-order valence-corrected chi connectivity index (χ1v) is 9.19. The van der Waals surface area contributed by atoms with Gasteiger partial charge in [0.05, 0.1) is 6.10 Å². The molecule has 2 atom stereocenters. The molecule has 2 heterocycles. The predicted octanol–water partition coefficient (Wildman–Crippen LogP) is 3.30. The molecule has 0 aliphatic carbocycles. The van der Waals surface area contributed by atoms with Gasteiger partial charge in [-0.3, -0.25) is 5.32 Å². The zero-order valence-corrected chi connectivity index (χ0v) is 14.7. The lowest BCUT2D eigenvalue weighted by atomic mass is 10.2. The van der Waals surface area contributed by atoms with Crippen LogP contribution >= 0.6 is 23.1 Å². The van der Waals surface area contributed by atoms with Crippen LogP contribution in [-0.4, -0.2) is 37.5 Å². The van der Waals surface area contributed by atoms with Crippen molar-refractivity contribution in [2.24, 2.45) is 0 Å². The first-order valence-electron chi connectivity index (χ1n) is 7.33. The molecule has 118 valence electrons. The largest absolute Gasteiger partial charge is 0.378 e. The second kappa shape index (κ2) is 7.00. The molecule has 0 amide bonds. The number of anilines is 1. The Labute approximate surface area is 139 Å². The molecule has 1 aliphatic heterocycles. The quantitative estimate of drug-likeness (QED) is 0.849. The van der Waals surface area contributed by atoms with Gasteiger partial charge in [0, 0.05) is 43.2 Å². The average Bonchev–Trinajstić information content (AvgIpc) is 3.14. The molecule has 0 unspecified atom stereocenters. The van der Waals surface area contributed by atoms with Gasteiger partial charge in [-0.1, -0.05) is 23.9 Å². The van der Waals surface area contributed by atoms with Crippen molar-refractivity contribution < 1.29 is 4.74 Å². The van der Waals surface area contributed by atoms with Crippen LogP contribution in [0.3, 0.4) is 0 Å². The number of hydrogen-bond acceptors (Lipinski definition) is 6. The van der Waals surface area contributed by atoms with Crippen molar-refractivity contribution in [3.05, 3.63) is 40.9 Å². The van der Waals surface area contributed by atoms with Gasteiger partial charge in [0.15, 0.2) is 0 Å². The Bertz CT molecular complexity index is 612. The summed E-state index contributed by atoms with van der Waals surface area (Å²) in [6, 6.07) is 8.51. The lowest BCUT2D eigenvalue weighted by Gasteiger charge is -2.16. The minimum atomic E-state index is -0.000145. The number of ether oxygens (including phenoxy) is 1. The number of rotatable bonds is 5. The van der Waals surface area contributed by atoms with Crippen molar-refractivity contribution >= 4 is 28.8 Å². The summed E-state index contributed by atoms with van der Waals surface area (Å²) >= 11 is 3.48. The highest BCUT2D eigenvalue weighted by Gasteiger charge is 2.26. The highest BCUT2D eigenvalue weighted by molar-refractivity contribution is 8.01. The van der Waals surface area contributed by atoms with Crippen LogP contribution in [0.5, 0.6) is 0 Å². The molecule has 0 radical (unpaired) electrons. The minimum Gasteiger partial charge on any atom is -0.378 e. The molecule has 1 fully saturated rings. The van der Waals surface area contributed by atoms with E-state index in [1.807, 2.05) is 21.0 Å². The maximum atomic E-state index is 6.11. The Balaban J connectivity index is 1.53. The molecule has 1 aliphatic rings. The normalized spacial score (nSPS) is 21.2. The Kier molecular flexibility index (Phi) is 5.03. The maximum absolute atomic E-state index is 6.11. The average molecular weight is 335 g/mol. The zero-order chi connectivity index (χ0) is 15.5. The summed E-state index contributed by atoms with van der Waals surface area (Å²) in [6.07, 6.45) is 0.229. The first kappa shape index (κ1) is 15.8. The van der Waals surface area contributed by atoms with Gasteiger partial charge in [-0.15, -0.1) is 11.3 Å². The molecule has 0 saturated carbocycles. The minimum absolute atomic E-state index is 0.000145. The fourth-order valence-corrected chi connectivity index (χ4v) is 4.21. The highest BCUT2D eigenvalue weighted by Crippen LogP contribution is 2.28. The number of aryl methyl sites for hydroxylation is 1. The van der Waals surface area contributed by atoms with E-state index in [4.69, 9.17) is 4.74 Å². The number of nitrogens with zero attached hydrogens (tertiary/aromatic N) is 2. The summed E-state index contributed by atoms with van der Waals surface area (Å²) in [7, 11) is 4.10. The van der Waals surface area contributed by atoms with Crippen molar-refractivity contribution in [2.45, 2.75) is 23.6 Å². The fraction of sp³-hybridized carbons (Fsp3) is 0.438. The van der Waals surface area contributed by atoms with Gasteiger partial charge in [0.1, 0.15) is 10.6 Å². The molecule has 22 heavy (non-hydrogen) atoms. The molecule has 4 nitrogen and oxygen atoms in total. The molecule has 6 heteroatoms. The molecular formula is C16H21N3OS2. The molecule has 1 saturated heterocycles. The summed E-state index contributed by atoms with van der Waals surface area (Å²) in [5.41, 5.74) is 3.48. The van der Waals surface area contributed by atoms with Gasteiger partial charge >= 0.3 is 0 Å². The van der Waals surface area contributed by atoms with Crippen molar-refractivity contribution in [3.63, 3.8) is 0 Å². The van der Waals surface area contributed by atoms with E-state index < -0.39 is 0 Å². The van der Waals surface area contributed by atoms with Crippen LogP contribution in [0.1, 0.15) is 17.5 Å². The second-order valence-corrected chi connectivity index (χ2v) is 7.72. The number of benzene rings is 1. The molecule has 0 spiro atoms. The van der Waals surface area contributed by atoms with Crippen LogP contribution in [0.25, 0.3) is 0 Å². The van der Waals surface area contributed by atoms with Gasteiger partial charge in [-0.25, -0.2) is 4.98 Å². The third-order valence-corrected chi connectivity index (χ3v) is 5.83. The molecule has 0 bridgehead atoms. The van der Waals surface area contributed by atoms with Crippen molar-refractivity contribution in [2.75, 3.05) is 31.3 Å². The van der Waals surface area contributed by atoms with Crippen molar-refractivity contribution in [3.8, 4) is 0 Å². The number of aromatic nitrogens is 1. The SMILES string of the molecule is Cc1csc(SC[C@@H]2CN[C@@H](c3ccc(N(C)C)cc3)O2)n1. The maximum Gasteiger partial charge on any atom is 0.150 e. The fourth-order valence-electron chi connectivity index (χ4n) is 2.33. The van der Waals surface area contributed by atoms with Gasteiger partial charge in [-0.2, -0.15) is 0 Å². The van der Waals surface area contributed by atoms with Crippen LogP contribution in [0.15, 0.2) is 34.0 Å². The molecule has 1 N–H and O–H groups in total. The van der Waals surface area contributed by atoms with Gasteiger partial charge < -0.3 is 9.64 Å². The molecular weight excluding hydrogens is 314 g/mol. The topological polar surface area (TPSA) is 37.4 Å². The standard InChI is InChI=1S/C16H21N3OS2/c1-11-9-21-16(18-11)22-10-14-8-17-15(20-14)12-4-6-13(7-5-12)19(2)3/h4-7,9,14-15,17H,8,10H2,1-3H3/t14-,15+/m0/s1. The van der Waals surface area contributed by atoms with Crippen LogP contribution in [0, 0.1) is 6.92 Å². The van der Waals surface area contributed by atoms with E-state index in [9.17, 15) is 0 Å². The smallest absolute Gasteiger partial charge is 0.150 e. The number of thioether (sulfide) groups is 1. The lowest BCUT2D eigenvalue weighted by Crippen LogP contribution is -2.16. The summed E-state index contributed by atoms with van der Waals surface area (Å²) in [5, 5.41) is 5.54. The first-order chi connectivity index (χ1) is 10.6. The molecule has 1 aromatic heterocycles. The van der Waals surface area contributed by atoms with Crippen molar-refractivity contribution in [1.82, 2.24) is 10.3 Å². The summed E-state index contributed by atoms with van der Waals surface area (Å²) in [6.45, 7) is 2.92. The Morgan fingerprint density at radius 3 is 2.77 bits per heavy atom. The van der Waals surface area contributed by atoms with Crippen LogP contribution in [0.2, 0.25) is 0 Å². The second-order valence-electron chi connectivity index (χ2n) is 5.60. The number of hydrogen-bond donors (Lipinski definition) is 1. The van der Waals surface area contributed by atoms with Gasteiger partial charge in [0.2, 0.25) is 0 Å². The van der Waals surface area contributed by atoms with Gasteiger partial charge in [0.25, 0.3) is 0 Å². The number of thiazole rings is 1. The third-order valence-electron chi connectivity index (χ3n) is 3.56. The lowest BCUT2D eigenvalue weighted by molar-refractivity contribution is 0.0535. The number of nitrogens with one attached hydrogen (secondary N) is 1. The van der Waals surface area contributed by atoms with E-state index in [0.29, 0.717) is 0 Å². The Hall–Kier alpha value is -1.08. The van der Waals surface area contributed by atoms with E-state index in [1.165, 1.54) is 11.3 Å².